The fourth-order valence-corrected chi connectivity index (χ4v) is 3.73. The Kier molecular flexibility index (Phi) is 2.98. The predicted molar refractivity (Wildman–Crippen MR) is 96.5 cm³/mol. The molecule has 0 amide bonds. The van der Waals surface area contributed by atoms with Crippen molar-refractivity contribution < 1.29 is 4.42 Å². The molecule has 0 saturated heterocycles. The summed E-state index contributed by atoms with van der Waals surface area (Å²) in [5, 5.41) is 12.4. The van der Waals surface area contributed by atoms with Crippen molar-refractivity contribution in [2.75, 3.05) is 0 Å². The molecule has 0 spiro atoms. The molecule has 116 valence electrons. The smallest absolute Gasteiger partial charge is 0.217 e. The SMILES string of the molecule is Clc1ccc(-c2nnc3scc(-c4cc5ccccc5o4)n23)cc1. The van der Waals surface area contributed by atoms with Crippen molar-refractivity contribution in [3.63, 3.8) is 0 Å². The molecule has 0 aliphatic rings. The van der Waals surface area contributed by atoms with Crippen molar-refractivity contribution in [2.24, 2.45) is 0 Å². The van der Waals surface area contributed by atoms with Crippen LogP contribution in [-0.2, 0) is 0 Å². The minimum atomic E-state index is 0.697. The van der Waals surface area contributed by atoms with Crippen molar-refractivity contribution in [3.05, 3.63) is 65.0 Å². The lowest BCUT2D eigenvalue weighted by Gasteiger charge is -2.01. The molecule has 24 heavy (non-hydrogen) atoms. The van der Waals surface area contributed by atoms with Crippen LogP contribution in [0.25, 0.3) is 38.8 Å². The number of thiazole rings is 1. The van der Waals surface area contributed by atoms with Gasteiger partial charge in [-0.3, -0.25) is 4.40 Å². The van der Waals surface area contributed by atoms with E-state index in [1.165, 1.54) is 0 Å². The molecule has 2 aromatic carbocycles. The number of hydrogen-bond acceptors (Lipinski definition) is 4. The maximum Gasteiger partial charge on any atom is 0.217 e. The van der Waals surface area contributed by atoms with E-state index in [2.05, 4.69) is 10.2 Å². The first-order valence-corrected chi connectivity index (χ1v) is 8.63. The summed E-state index contributed by atoms with van der Waals surface area (Å²) in [5.74, 6) is 1.58. The van der Waals surface area contributed by atoms with E-state index in [-0.39, 0.29) is 0 Å². The van der Waals surface area contributed by atoms with Gasteiger partial charge in [0.25, 0.3) is 0 Å². The molecule has 0 fully saturated rings. The van der Waals surface area contributed by atoms with Gasteiger partial charge in [-0.2, -0.15) is 0 Å². The molecule has 6 heteroatoms. The van der Waals surface area contributed by atoms with E-state index in [9.17, 15) is 0 Å². The van der Waals surface area contributed by atoms with Gasteiger partial charge in [-0.05, 0) is 36.4 Å². The summed E-state index contributed by atoms with van der Waals surface area (Å²) < 4.78 is 8.03. The van der Waals surface area contributed by atoms with Crippen LogP contribution in [0.4, 0.5) is 0 Å². The Balaban J connectivity index is 1.74. The Hall–Kier alpha value is -2.63. The standard InChI is InChI=1S/C18H10ClN3OS/c19-13-7-5-11(6-8-13)17-20-21-18-22(17)14(10-24-18)16-9-12-3-1-2-4-15(12)23-16/h1-10H. The van der Waals surface area contributed by atoms with E-state index >= 15 is 0 Å². The zero-order valence-electron chi connectivity index (χ0n) is 12.3. The zero-order chi connectivity index (χ0) is 16.1. The largest absolute Gasteiger partial charge is 0.454 e. The molecular formula is C18H10ClN3OS. The first kappa shape index (κ1) is 13.8. The van der Waals surface area contributed by atoms with Crippen molar-refractivity contribution in [3.8, 4) is 22.8 Å². The van der Waals surface area contributed by atoms with Crippen LogP contribution in [0, 0.1) is 0 Å². The number of hydrogen-bond donors (Lipinski definition) is 0. The fourth-order valence-electron chi connectivity index (χ4n) is 2.79. The third kappa shape index (κ3) is 2.06. The average Bonchev–Trinajstić information content (AvgIpc) is 3.29. The van der Waals surface area contributed by atoms with E-state index in [4.69, 9.17) is 16.0 Å². The van der Waals surface area contributed by atoms with E-state index in [1.54, 1.807) is 11.3 Å². The topological polar surface area (TPSA) is 43.3 Å². The molecule has 0 atom stereocenters. The van der Waals surface area contributed by atoms with Gasteiger partial charge in [-0.25, -0.2) is 0 Å². The van der Waals surface area contributed by atoms with Crippen LogP contribution in [0.2, 0.25) is 5.02 Å². The Morgan fingerprint density at radius 2 is 1.83 bits per heavy atom. The summed E-state index contributed by atoms with van der Waals surface area (Å²) in [7, 11) is 0. The molecule has 0 saturated carbocycles. The van der Waals surface area contributed by atoms with Crippen LogP contribution in [0.5, 0.6) is 0 Å². The van der Waals surface area contributed by atoms with Crippen LogP contribution >= 0.6 is 22.9 Å². The molecule has 3 aromatic heterocycles. The molecule has 4 nitrogen and oxygen atoms in total. The molecule has 3 heterocycles. The molecule has 0 aliphatic carbocycles. The maximum atomic E-state index is 6.01. The minimum Gasteiger partial charge on any atom is -0.454 e. The summed E-state index contributed by atoms with van der Waals surface area (Å²) in [6.45, 7) is 0. The Labute approximate surface area is 145 Å². The summed E-state index contributed by atoms with van der Waals surface area (Å²) in [5.41, 5.74) is 2.77. The lowest BCUT2D eigenvalue weighted by atomic mass is 10.2. The zero-order valence-corrected chi connectivity index (χ0v) is 13.9. The molecule has 0 bridgehead atoms. The number of halogens is 1. The van der Waals surface area contributed by atoms with Crippen molar-refractivity contribution in [2.45, 2.75) is 0 Å². The number of furan rings is 1. The summed E-state index contributed by atoms with van der Waals surface area (Å²) >= 11 is 7.53. The second-order valence-corrected chi connectivity index (χ2v) is 6.69. The fraction of sp³-hybridized carbons (Fsp3) is 0. The van der Waals surface area contributed by atoms with Crippen molar-refractivity contribution in [1.82, 2.24) is 14.6 Å². The quantitative estimate of drug-likeness (QED) is 0.420. The Morgan fingerprint density at radius 3 is 2.67 bits per heavy atom. The van der Waals surface area contributed by atoms with E-state index in [0.29, 0.717) is 5.02 Å². The van der Waals surface area contributed by atoms with Gasteiger partial charge < -0.3 is 4.42 Å². The lowest BCUT2D eigenvalue weighted by molar-refractivity contribution is 0.628. The Bertz CT molecular complexity index is 1140. The van der Waals surface area contributed by atoms with Crippen molar-refractivity contribution >= 4 is 38.9 Å². The first-order chi connectivity index (χ1) is 11.8. The molecule has 0 aliphatic heterocycles. The van der Waals surface area contributed by atoms with Crippen LogP contribution in [0.15, 0.2) is 64.4 Å². The van der Waals surface area contributed by atoms with Crippen LogP contribution in [-0.4, -0.2) is 14.6 Å². The number of para-hydroxylation sites is 1. The molecule has 5 aromatic rings. The molecule has 5 rings (SSSR count). The predicted octanol–water partition coefficient (Wildman–Crippen LogP) is 5.52. The number of aromatic nitrogens is 3. The minimum absolute atomic E-state index is 0.697. The Morgan fingerprint density at radius 1 is 1.00 bits per heavy atom. The van der Waals surface area contributed by atoms with Gasteiger partial charge in [0.1, 0.15) is 11.3 Å². The first-order valence-electron chi connectivity index (χ1n) is 7.37. The summed E-state index contributed by atoms with van der Waals surface area (Å²) in [6, 6.07) is 17.6. The van der Waals surface area contributed by atoms with E-state index in [0.717, 1.165) is 38.8 Å². The van der Waals surface area contributed by atoms with Gasteiger partial charge in [0.05, 0.1) is 0 Å². The van der Waals surface area contributed by atoms with Crippen LogP contribution in [0.3, 0.4) is 0 Å². The van der Waals surface area contributed by atoms with Crippen molar-refractivity contribution in [1.29, 1.82) is 0 Å². The normalized spacial score (nSPS) is 11.5. The van der Waals surface area contributed by atoms with Gasteiger partial charge in [0, 0.05) is 21.4 Å². The van der Waals surface area contributed by atoms with E-state index < -0.39 is 0 Å². The molecule has 0 radical (unpaired) electrons. The number of fused-ring (bicyclic) bond motifs is 2. The van der Waals surface area contributed by atoms with E-state index in [1.807, 2.05) is 64.4 Å². The second-order valence-electron chi connectivity index (χ2n) is 5.42. The lowest BCUT2D eigenvalue weighted by Crippen LogP contribution is -1.90. The molecular weight excluding hydrogens is 342 g/mol. The van der Waals surface area contributed by atoms with Gasteiger partial charge in [0.2, 0.25) is 4.96 Å². The number of nitrogens with zero attached hydrogens (tertiary/aromatic N) is 3. The second kappa shape index (κ2) is 5.19. The number of rotatable bonds is 2. The molecule has 0 N–H and O–H groups in total. The summed E-state index contributed by atoms with van der Waals surface area (Å²) in [6.07, 6.45) is 0. The van der Waals surface area contributed by atoms with Gasteiger partial charge in [-0.1, -0.05) is 29.8 Å². The maximum absolute atomic E-state index is 6.01. The van der Waals surface area contributed by atoms with Gasteiger partial charge in [0.15, 0.2) is 11.6 Å². The number of benzene rings is 2. The third-order valence-corrected chi connectivity index (χ3v) is 5.00. The monoisotopic (exact) mass is 351 g/mol. The van der Waals surface area contributed by atoms with Crippen LogP contribution in [0.1, 0.15) is 0 Å². The highest BCUT2D eigenvalue weighted by Crippen LogP contribution is 2.33. The third-order valence-electron chi connectivity index (χ3n) is 3.93. The molecule has 0 unspecified atom stereocenters. The van der Waals surface area contributed by atoms with Gasteiger partial charge >= 0.3 is 0 Å². The van der Waals surface area contributed by atoms with Gasteiger partial charge in [-0.15, -0.1) is 21.5 Å². The highest BCUT2D eigenvalue weighted by atomic mass is 35.5. The highest BCUT2D eigenvalue weighted by molar-refractivity contribution is 7.15. The van der Waals surface area contributed by atoms with Crippen LogP contribution < -0.4 is 0 Å². The average molecular weight is 352 g/mol. The summed E-state index contributed by atoms with van der Waals surface area (Å²) in [4.78, 5) is 0.829. The highest BCUT2D eigenvalue weighted by Gasteiger charge is 2.17.